The molecule has 76 valence electrons. The molecular formula is C14H14O. The predicted octanol–water partition coefficient (Wildman–Crippen LogP) is 3.34. The second-order valence-corrected chi connectivity index (χ2v) is 3.08. The maximum Gasteiger partial charge on any atom is 0.148 e. The second kappa shape index (κ2) is 5.72. The number of benzene rings is 1. The summed E-state index contributed by atoms with van der Waals surface area (Å²) in [5, 5.41) is 0. The minimum Gasteiger partial charge on any atom is -0.486 e. The molecule has 0 aromatic heterocycles. The topological polar surface area (TPSA) is 9.23 Å². The molecule has 0 aliphatic heterocycles. The first-order valence-electron chi connectivity index (χ1n) is 4.74. The van der Waals surface area contributed by atoms with Gasteiger partial charge in [0.2, 0.25) is 0 Å². The molecule has 1 aromatic rings. The fourth-order valence-electron chi connectivity index (χ4n) is 1.24. The Morgan fingerprint density at radius 2 is 2.13 bits per heavy atom. The van der Waals surface area contributed by atoms with E-state index in [0.717, 1.165) is 16.9 Å². The summed E-state index contributed by atoms with van der Waals surface area (Å²) in [5.41, 5.74) is 2.17. The number of hydrogen-bond donors (Lipinski definition) is 0. The highest BCUT2D eigenvalue weighted by Crippen LogP contribution is 2.14. The third-order valence-electron chi connectivity index (χ3n) is 1.96. The molecule has 0 heterocycles. The summed E-state index contributed by atoms with van der Waals surface area (Å²) >= 11 is 0. The van der Waals surface area contributed by atoms with Crippen LogP contribution < -0.4 is 0 Å². The van der Waals surface area contributed by atoms with Gasteiger partial charge in [0.15, 0.2) is 0 Å². The summed E-state index contributed by atoms with van der Waals surface area (Å²) in [6.07, 6.45) is 8.88. The first-order valence-corrected chi connectivity index (χ1v) is 4.74. The van der Waals surface area contributed by atoms with Crippen molar-refractivity contribution in [2.45, 2.75) is 6.92 Å². The first-order chi connectivity index (χ1) is 7.27. The maximum absolute atomic E-state index is 5.29. The molecule has 1 nitrogen and oxygen atoms in total. The molecule has 0 atom stereocenters. The molecule has 0 fully saturated rings. The van der Waals surface area contributed by atoms with Crippen LogP contribution in [0.25, 0.3) is 12.2 Å². The average molecular weight is 198 g/mol. The zero-order valence-electron chi connectivity index (χ0n) is 8.86. The quantitative estimate of drug-likeness (QED) is 0.532. The highest BCUT2D eigenvalue weighted by molar-refractivity contribution is 5.64. The molecule has 0 aliphatic rings. The van der Waals surface area contributed by atoms with Crippen molar-refractivity contribution in [1.29, 1.82) is 0 Å². The van der Waals surface area contributed by atoms with Gasteiger partial charge in [0, 0.05) is 0 Å². The van der Waals surface area contributed by atoms with E-state index in [0.29, 0.717) is 6.61 Å². The number of allylic oxidation sites excluding steroid dienone is 1. The van der Waals surface area contributed by atoms with Crippen molar-refractivity contribution in [3.63, 3.8) is 0 Å². The normalized spacial score (nSPS) is 10.5. The Kier molecular flexibility index (Phi) is 4.25. The van der Waals surface area contributed by atoms with Gasteiger partial charge >= 0.3 is 0 Å². The van der Waals surface area contributed by atoms with Gasteiger partial charge in [-0.25, -0.2) is 0 Å². The molecule has 15 heavy (non-hydrogen) atoms. The van der Waals surface area contributed by atoms with Gasteiger partial charge in [0.05, 0.1) is 5.76 Å². The molecule has 0 aliphatic carbocycles. The van der Waals surface area contributed by atoms with E-state index in [1.54, 1.807) is 0 Å². The third-order valence-corrected chi connectivity index (χ3v) is 1.96. The molecule has 0 saturated carbocycles. The van der Waals surface area contributed by atoms with Crippen LogP contribution in [0.2, 0.25) is 0 Å². The maximum atomic E-state index is 5.29. The fraction of sp³-hybridized carbons (Fsp3) is 0.143. The summed E-state index contributed by atoms with van der Waals surface area (Å²) in [6, 6.07) is 7.98. The van der Waals surface area contributed by atoms with Crippen LogP contribution in [0.1, 0.15) is 18.1 Å². The van der Waals surface area contributed by atoms with Gasteiger partial charge in [-0.05, 0) is 24.1 Å². The van der Waals surface area contributed by atoms with Crippen LogP contribution >= 0.6 is 0 Å². The molecule has 0 unspecified atom stereocenters. The number of hydrogen-bond acceptors (Lipinski definition) is 1. The Morgan fingerprint density at radius 1 is 1.47 bits per heavy atom. The number of ether oxygens (including phenoxy) is 1. The third kappa shape index (κ3) is 3.36. The minimum atomic E-state index is 0.304. The first kappa shape index (κ1) is 11.1. The predicted molar refractivity (Wildman–Crippen MR) is 65.0 cm³/mol. The van der Waals surface area contributed by atoms with Crippen molar-refractivity contribution in [2.24, 2.45) is 0 Å². The zero-order chi connectivity index (χ0) is 11.1. The van der Waals surface area contributed by atoms with Gasteiger partial charge in [-0.3, -0.25) is 0 Å². The summed E-state index contributed by atoms with van der Waals surface area (Å²) in [4.78, 5) is 0. The van der Waals surface area contributed by atoms with Gasteiger partial charge in [-0.1, -0.05) is 42.8 Å². The Bertz CT molecular complexity index is 408. The molecule has 0 N–H and O–H groups in total. The molecule has 0 saturated heterocycles. The van der Waals surface area contributed by atoms with Gasteiger partial charge in [0.25, 0.3) is 0 Å². The van der Waals surface area contributed by atoms with E-state index >= 15 is 0 Å². The summed E-state index contributed by atoms with van der Waals surface area (Å²) in [7, 11) is 0. The molecular weight excluding hydrogens is 184 g/mol. The highest BCUT2D eigenvalue weighted by Gasteiger charge is 1.95. The van der Waals surface area contributed by atoms with Crippen LogP contribution in [0.5, 0.6) is 0 Å². The lowest BCUT2D eigenvalue weighted by Gasteiger charge is -2.04. The van der Waals surface area contributed by atoms with Crippen LogP contribution in [0.3, 0.4) is 0 Å². The molecule has 0 spiro atoms. The standard InChI is InChI=1S/C14H14O/c1-4-10-15-12(3)11-14-9-7-6-8-13(14)5-2/h1,5-9,11H,2,10H2,3H3/b12-11+. The van der Waals surface area contributed by atoms with E-state index in [1.165, 1.54) is 0 Å². The Morgan fingerprint density at radius 3 is 2.73 bits per heavy atom. The van der Waals surface area contributed by atoms with E-state index in [4.69, 9.17) is 11.2 Å². The van der Waals surface area contributed by atoms with Crippen LogP contribution in [0.4, 0.5) is 0 Å². The second-order valence-electron chi connectivity index (χ2n) is 3.08. The molecule has 0 radical (unpaired) electrons. The summed E-state index contributed by atoms with van der Waals surface area (Å²) in [6.45, 7) is 5.95. The van der Waals surface area contributed by atoms with Crippen LogP contribution in [0, 0.1) is 12.3 Å². The SMILES string of the molecule is C#CCO/C(C)=C/c1ccccc1C=C. The molecule has 0 amide bonds. The summed E-state index contributed by atoms with van der Waals surface area (Å²) < 4.78 is 5.29. The van der Waals surface area contributed by atoms with Crippen LogP contribution in [-0.4, -0.2) is 6.61 Å². The lowest BCUT2D eigenvalue weighted by molar-refractivity contribution is 0.259. The molecule has 0 bridgehead atoms. The van der Waals surface area contributed by atoms with Crippen LogP contribution in [0.15, 0.2) is 36.6 Å². The lowest BCUT2D eigenvalue weighted by atomic mass is 10.1. The number of terminal acetylenes is 1. The Hall–Kier alpha value is -1.94. The Balaban J connectivity index is 2.87. The fourth-order valence-corrected chi connectivity index (χ4v) is 1.24. The minimum absolute atomic E-state index is 0.304. The van der Waals surface area contributed by atoms with Gasteiger partial charge in [0.1, 0.15) is 6.61 Å². The Labute approximate surface area is 91.1 Å². The van der Waals surface area contributed by atoms with Crippen molar-refractivity contribution in [2.75, 3.05) is 6.61 Å². The van der Waals surface area contributed by atoms with Crippen LogP contribution in [-0.2, 0) is 4.74 Å². The van der Waals surface area contributed by atoms with Crippen molar-refractivity contribution >= 4 is 12.2 Å². The van der Waals surface area contributed by atoms with E-state index in [2.05, 4.69) is 12.5 Å². The molecule has 1 heteroatoms. The summed E-state index contributed by atoms with van der Waals surface area (Å²) in [5.74, 6) is 3.24. The van der Waals surface area contributed by atoms with E-state index in [9.17, 15) is 0 Å². The largest absolute Gasteiger partial charge is 0.486 e. The van der Waals surface area contributed by atoms with E-state index in [1.807, 2.05) is 43.3 Å². The monoisotopic (exact) mass is 198 g/mol. The van der Waals surface area contributed by atoms with E-state index in [-0.39, 0.29) is 0 Å². The highest BCUT2D eigenvalue weighted by atomic mass is 16.5. The van der Waals surface area contributed by atoms with Gasteiger partial charge in [-0.15, -0.1) is 6.42 Å². The van der Waals surface area contributed by atoms with Crippen molar-refractivity contribution in [3.8, 4) is 12.3 Å². The molecule has 1 aromatic carbocycles. The van der Waals surface area contributed by atoms with Gasteiger partial charge < -0.3 is 4.74 Å². The zero-order valence-corrected chi connectivity index (χ0v) is 8.86. The number of rotatable bonds is 4. The van der Waals surface area contributed by atoms with Gasteiger partial charge in [-0.2, -0.15) is 0 Å². The average Bonchev–Trinajstić information content (AvgIpc) is 2.27. The lowest BCUT2D eigenvalue weighted by Crippen LogP contribution is -1.89. The van der Waals surface area contributed by atoms with Crippen molar-refractivity contribution < 1.29 is 4.74 Å². The van der Waals surface area contributed by atoms with Crippen molar-refractivity contribution in [3.05, 3.63) is 47.7 Å². The van der Waals surface area contributed by atoms with Crippen molar-refractivity contribution in [1.82, 2.24) is 0 Å². The smallest absolute Gasteiger partial charge is 0.148 e. The van der Waals surface area contributed by atoms with E-state index < -0.39 is 0 Å². The molecule has 1 rings (SSSR count).